The van der Waals surface area contributed by atoms with E-state index in [9.17, 15) is 0 Å². The van der Waals surface area contributed by atoms with Gasteiger partial charge in [-0.15, -0.1) is 11.3 Å². The predicted molar refractivity (Wildman–Crippen MR) is 118 cm³/mol. The van der Waals surface area contributed by atoms with Crippen LogP contribution in [0.15, 0.2) is 97.1 Å². The zero-order chi connectivity index (χ0) is 18.3. The maximum atomic E-state index is 2.34. The highest BCUT2D eigenvalue weighted by Crippen LogP contribution is 2.65. The normalized spacial score (nSPS) is 14.7. The summed E-state index contributed by atoms with van der Waals surface area (Å²) in [6, 6.07) is 35.9. The van der Waals surface area contributed by atoms with Gasteiger partial charge in [0.2, 0.25) is 0 Å². The zero-order valence-corrected chi connectivity index (χ0v) is 16.0. The first-order valence-electron chi connectivity index (χ1n) is 9.72. The molecule has 0 radical (unpaired) electrons. The van der Waals surface area contributed by atoms with Gasteiger partial charge in [-0.2, -0.15) is 0 Å². The Balaban J connectivity index is 1.78. The van der Waals surface area contributed by atoms with E-state index in [2.05, 4.69) is 97.1 Å². The molecule has 0 atom stereocenters. The molecule has 0 saturated heterocycles. The molecule has 5 aromatic rings. The maximum absolute atomic E-state index is 2.34. The molecule has 2 aliphatic rings. The summed E-state index contributed by atoms with van der Waals surface area (Å²) in [4.78, 5) is 1.43. The number of benzene rings is 4. The van der Waals surface area contributed by atoms with Gasteiger partial charge in [-0.3, -0.25) is 0 Å². The topological polar surface area (TPSA) is 0 Å². The van der Waals surface area contributed by atoms with E-state index < -0.39 is 0 Å². The standard InChI is InChI=1S/C27H16S/c1-5-13-21-17(9-1)18-10-2-6-14-22(18)27(21)23-15-7-3-11-19(23)26-25(27)20-12-4-8-16-24(20)28-26/h1-16H. The highest BCUT2D eigenvalue weighted by molar-refractivity contribution is 7.22. The van der Waals surface area contributed by atoms with Crippen molar-refractivity contribution in [3.05, 3.63) is 119 Å². The molecule has 7 rings (SSSR count). The number of hydrogen-bond acceptors (Lipinski definition) is 1. The molecule has 28 heavy (non-hydrogen) atoms. The third-order valence-corrected chi connectivity index (χ3v) is 7.70. The van der Waals surface area contributed by atoms with Gasteiger partial charge >= 0.3 is 0 Å². The Morgan fingerprint density at radius 1 is 0.500 bits per heavy atom. The lowest BCUT2D eigenvalue weighted by molar-refractivity contribution is 0.802. The van der Waals surface area contributed by atoms with Crippen molar-refractivity contribution in [1.29, 1.82) is 0 Å². The second-order valence-electron chi connectivity index (χ2n) is 7.69. The van der Waals surface area contributed by atoms with Gasteiger partial charge in [-0.25, -0.2) is 0 Å². The molecule has 0 saturated carbocycles. The van der Waals surface area contributed by atoms with Crippen LogP contribution in [0.25, 0.3) is 31.7 Å². The van der Waals surface area contributed by atoms with Crippen molar-refractivity contribution in [3.63, 3.8) is 0 Å². The van der Waals surface area contributed by atoms with Crippen LogP contribution in [0.4, 0.5) is 0 Å². The van der Waals surface area contributed by atoms with E-state index in [4.69, 9.17) is 0 Å². The summed E-state index contributed by atoms with van der Waals surface area (Å²) < 4.78 is 1.38. The molecule has 1 heterocycles. The smallest absolute Gasteiger partial charge is 0.0740 e. The van der Waals surface area contributed by atoms with Crippen LogP contribution in [-0.2, 0) is 5.41 Å². The highest BCUT2D eigenvalue weighted by Gasteiger charge is 2.53. The van der Waals surface area contributed by atoms with Crippen molar-refractivity contribution in [2.45, 2.75) is 5.41 Å². The van der Waals surface area contributed by atoms with Crippen LogP contribution in [-0.4, -0.2) is 0 Å². The molecule has 0 unspecified atom stereocenters. The average Bonchev–Trinajstić information content (AvgIpc) is 3.37. The fraction of sp³-hybridized carbons (Fsp3) is 0.0370. The zero-order valence-electron chi connectivity index (χ0n) is 15.1. The van der Waals surface area contributed by atoms with Gasteiger partial charge in [0.05, 0.1) is 5.41 Å². The van der Waals surface area contributed by atoms with E-state index in [1.54, 1.807) is 0 Å². The molecule has 1 spiro atoms. The predicted octanol–water partition coefficient (Wildman–Crippen LogP) is 7.24. The van der Waals surface area contributed by atoms with E-state index in [0.717, 1.165) is 0 Å². The molecule has 1 heteroatoms. The number of fused-ring (bicyclic) bond motifs is 12. The first-order valence-corrected chi connectivity index (χ1v) is 10.5. The summed E-state index contributed by atoms with van der Waals surface area (Å²) in [6.45, 7) is 0. The lowest BCUT2D eigenvalue weighted by Crippen LogP contribution is -2.25. The third kappa shape index (κ3) is 1.51. The third-order valence-electron chi connectivity index (χ3n) is 6.50. The first kappa shape index (κ1) is 14.8. The van der Waals surface area contributed by atoms with Gasteiger partial charge in [0.1, 0.15) is 0 Å². The fourth-order valence-corrected chi connectivity index (χ4v) is 6.84. The molecule has 1 aromatic heterocycles. The molecule has 130 valence electrons. The molecule has 0 bridgehead atoms. The van der Waals surface area contributed by atoms with Crippen molar-refractivity contribution in [1.82, 2.24) is 0 Å². The summed E-state index contributed by atoms with van der Waals surface area (Å²) >= 11 is 1.94. The van der Waals surface area contributed by atoms with Crippen LogP contribution in [0.1, 0.15) is 22.3 Å². The molecule has 0 N–H and O–H groups in total. The fourth-order valence-electron chi connectivity index (χ4n) is 5.54. The summed E-state index contributed by atoms with van der Waals surface area (Å²) in [5.74, 6) is 0. The maximum Gasteiger partial charge on any atom is 0.0740 e. The van der Waals surface area contributed by atoms with Crippen LogP contribution >= 0.6 is 11.3 Å². The average molecular weight is 372 g/mol. The molecule has 0 fully saturated rings. The monoisotopic (exact) mass is 372 g/mol. The Bertz CT molecular complexity index is 1370. The highest BCUT2D eigenvalue weighted by atomic mass is 32.1. The second-order valence-corrected chi connectivity index (χ2v) is 8.74. The van der Waals surface area contributed by atoms with Gasteiger partial charge in [-0.05, 0) is 50.4 Å². The summed E-state index contributed by atoms with van der Waals surface area (Å²) in [5, 5.41) is 1.39. The minimum Gasteiger partial charge on any atom is -0.135 e. The van der Waals surface area contributed by atoms with Gasteiger partial charge in [0.25, 0.3) is 0 Å². The van der Waals surface area contributed by atoms with Crippen LogP contribution in [0.2, 0.25) is 0 Å². The van der Waals surface area contributed by atoms with Gasteiger partial charge in [-0.1, -0.05) is 91.0 Å². The van der Waals surface area contributed by atoms with Crippen molar-refractivity contribution in [3.8, 4) is 21.6 Å². The van der Waals surface area contributed by atoms with Crippen molar-refractivity contribution in [2.24, 2.45) is 0 Å². The van der Waals surface area contributed by atoms with Gasteiger partial charge < -0.3 is 0 Å². The first-order chi connectivity index (χ1) is 13.9. The Morgan fingerprint density at radius 3 is 1.68 bits per heavy atom. The molecule has 0 aliphatic heterocycles. The number of rotatable bonds is 0. The van der Waals surface area contributed by atoms with E-state index in [1.165, 1.54) is 53.9 Å². The van der Waals surface area contributed by atoms with E-state index >= 15 is 0 Å². The Hall–Kier alpha value is -3.16. The Labute approximate surface area is 167 Å². The summed E-state index contributed by atoms with van der Waals surface area (Å²) in [5.41, 5.74) is 9.68. The Morgan fingerprint density at radius 2 is 1.00 bits per heavy atom. The lowest BCUT2D eigenvalue weighted by Gasteiger charge is -2.30. The minimum absolute atomic E-state index is 0.210. The lowest BCUT2D eigenvalue weighted by atomic mass is 9.70. The molecule has 0 amide bonds. The molecule has 0 nitrogen and oxygen atoms in total. The Kier molecular flexibility index (Phi) is 2.65. The van der Waals surface area contributed by atoms with E-state index in [-0.39, 0.29) is 5.41 Å². The van der Waals surface area contributed by atoms with E-state index in [0.29, 0.717) is 0 Å². The molecular formula is C27H16S. The second kappa shape index (κ2) is 5.01. The van der Waals surface area contributed by atoms with Gasteiger partial charge in [0.15, 0.2) is 0 Å². The van der Waals surface area contributed by atoms with Crippen LogP contribution in [0.5, 0.6) is 0 Å². The van der Waals surface area contributed by atoms with Crippen LogP contribution < -0.4 is 0 Å². The van der Waals surface area contributed by atoms with Gasteiger partial charge in [0, 0.05) is 9.58 Å². The van der Waals surface area contributed by atoms with E-state index in [1.807, 2.05) is 11.3 Å². The van der Waals surface area contributed by atoms with Crippen molar-refractivity contribution < 1.29 is 0 Å². The van der Waals surface area contributed by atoms with Crippen molar-refractivity contribution in [2.75, 3.05) is 0 Å². The summed E-state index contributed by atoms with van der Waals surface area (Å²) in [7, 11) is 0. The quantitative estimate of drug-likeness (QED) is 0.263. The number of thiophene rings is 1. The molecule has 2 aliphatic carbocycles. The van der Waals surface area contributed by atoms with Crippen molar-refractivity contribution >= 4 is 21.4 Å². The minimum atomic E-state index is -0.210. The molecular weight excluding hydrogens is 356 g/mol. The largest absolute Gasteiger partial charge is 0.135 e. The summed E-state index contributed by atoms with van der Waals surface area (Å²) in [6.07, 6.45) is 0. The SMILES string of the molecule is c1ccc2c(c1)-c1ccccc1C21c2ccccc2-c2sc3ccccc3c21. The number of hydrogen-bond donors (Lipinski definition) is 0. The van der Waals surface area contributed by atoms with Crippen LogP contribution in [0.3, 0.4) is 0 Å². The molecule has 4 aromatic carbocycles. The van der Waals surface area contributed by atoms with Crippen LogP contribution in [0, 0.1) is 0 Å².